The highest BCUT2D eigenvalue weighted by molar-refractivity contribution is 6.09. The Morgan fingerprint density at radius 3 is 2.32 bits per heavy atom. The fourth-order valence-corrected chi connectivity index (χ4v) is 3.30. The molecule has 0 bridgehead atoms. The van der Waals surface area contributed by atoms with E-state index in [9.17, 15) is 27.2 Å². The second-order valence-electron chi connectivity index (χ2n) is 6.61. The van der Waals surface area contributed by atoms with Crippen LogP contribution in [0.4, 0.5) is 17.6 Å². The Labute approximate surface area is 172 Å². The van der Waals surface area contributed by atoms with Crippen LogP contribution in [0.25, 0.3) is 16.8 Å². The Bertz CT molecular complexity index is 1340. The molecule has 0 fully saturated rings. The van der Waals surface area contributed by atoms with Gasteiger partial charge in [0.2, 0.25) is 5.78 Å². The molecule has 2 aromatic carbocycles. The Morgan fingerprint density at radius 2 is 1.65 bits per heavy atom. The Hall–Kier alpha value is -4.01. The topological polar surface area (TPSA) is 71.7 Å². The van der Waals surface area contributed by atoms with Crippen LogP contribution < -0.4 is 0 Å². The molecule has 0 saturated carbocycles. The molecule has 2 heterocycles. The fraction of sp³-hybridized carbons (Fsp3) is 0.0455. The maximum atomic E-state index is 14.2. The number of carboxylic acid groups (broad SMARTS) is 1. The lowest BCUT2D eigenvalue weighted by molar-refractivity contribution is -0.137. The van der Waals surface area contributed by atoms with Crippen LogP contribution in [-0.4, -0.2) is 26.2 Å². The van der Waals surface area contributed by atoms with Gasteiger partial charge in [-0.25, -0.2) is 14.2 Å². The zero-order valence-corrected chi connectivity index (χ0v) is 15.5. The van der Waals surface area contributed by atoms with Gasteiger partial charge in [-0.1, -0.05) is 30.3 Å². The summed E-state index contributed by atoms with van der Waals surface area (Å²) in [5.74, 6) is -3.69. The number of carboxylic acids is 1. The van der Waals surface area contributed by atoms with Crippen LogP contribution in [0.15, 0.2) is 66.9 Å². The van der Waals surface area contributed by atoms with Gasteiger partial charge in [0.25, 0.3) is 0 Å². The average Bonchev–Trinajstić information content (AvgIpc) is 3.12. The number of pyridine rings is 1. The molecule has 0 aliphatic heterocycles. The number of aromatic carboxylic acids is 1. The largest absolute Gasteiger partial charge is 0.478 e. The molecule has 31 heavy (non-hydrogen) atoms. The summed E-state index contributed by atoms with van der Waals surface area (Å²) in [6.45, 7) is 0. The number of halogens is 4. The number of benzene rings is 2. The third-order valence-electron chi connectivity index (χ3n) is 4.70. The van der Waals surface area contributed by atoms with Crippen LogP contribution in [0.1, 0.15) is 32.1 Å². The van der Waals surface area contributed by atoms with Gasteiger partial charge < -0.3 is 5.11 Å². The molecular formula is C22H12F4N2O3. The number of carbonyl (C=O) groups is 2. The van der Waals surface area contributed by atoms with E-state index < -0.39 is 40.4 Å². The van der Waals surface area contributed by atoms with Gasteiger partial charge in [-0.05, 0) is 30.3 Å². The highest BCUT2D eigenvalue weighted by Crippen LogP contribution is 2.34. The summed E-state index contributed by atoms with van der Waals surface area (Å²) in [5.41, 5.74) is -1.55. The van der Waals surface area contributed by atoms with Crippen molar-refractivity contribution >= 4 is 17.3 Å². The van der Waals surface area contributed by atoms with Crippen molar-refractivity contribution in [2.24, 2.45) is 0 Å². The summed E-state index contributed by atoms with van der Waals surface area (Å²) in [5, 5.41) is 9.00. The predicted molar refractivity (Wildman–Crippen MR) is 102 cm³/mol. The van der Waals surface area contributed by atoms with Crippen molar-refractivity contribution in [3.8, 4) is 11.3 Å². The standard InChI is InChI=1S/C22H12F4N2O3/c23-16-11-12(8-9-14(16)21(30)31)18-17-7-3-4-10-28(17)20(27-18)19(29)13-5-1-2-6-15(13)22(24,25)26/h1-11H,(H,30,31). The first kappa shape index (κ1) is 20.3. The summed E-state index contributed by atoms with van der Waals surface area (Å²) in [6.07, 6.45) is -3.28. The smallest absolute Gasteiger partial charge is 0.417 e. The molecule has 4 aromatic rings. The first-order chi connectivity index (χ1) is 14.7. The van der Waals surface area contributed by atoms with Gasteiger partial charge in [0.15, 0.2) is 5.82 Å². The highest BCUT2D eigenvalue weighted by atomic mass is 19.4. The van der Waals surface area contributed by atoms with Gasteiger partial charge in [-0.3, -0.25) is 9.20 Å². The number of hydrogen-bond acceptors (Lipinski definition) is 3. The van der Waals surface area contributed by atoms with E-state index in [2.05, 4.69) is 4.98 Å². The highest BCUT2D eigenvalue weighted by Gasteiger charge is 2.36. The van der Waals surface area contributed by atoms with Gasteiger partial charge in [0, 0.05) is 17.3 Å². The molecule has 0 spiro atoms. The van der Waals surface area contributed by atoms with E-state index >= 15 is 0 Å². The predicted octanol–water partition coefficient (Wildman–Crippen LogP) is 5.09. The van der Waals surface area contributed by atoms with Crippen molar-refractivity contribution in [2.75, 3.05) is 0 Å². The Morgan fingerprint density at radius 1 is 0.935 bits per heavy atom. The minimum atomic E-state index is -4.74. The van der Waals surface area contributed by atoms with E-state index in [0.717, 1.165) is 24.3 Å². The first-order valence-electron chi connectivity index (χ1n) is 8.89. The Kier molecular flexibility index (Phi) is 4.81. The summed E-state index contributed by atoms with van der Waals surface area (Å²) < 4.78 is 55.7. The lowest BCUT2D eigenvalue weighted by Gasteiger charge is -2.11. The van der Waals surface area contributed by atoms with Crippen LogP contribution in [0.5, 0.6) is 0 Å². The van der Waals surface area contributed by atoms with Crippen LogP contribution in [-0.2, 0) is 6.18 Å². The molecule has 4 rings (SSSR count). The maximum absolute atomic E-state index is 14.2. The number of fused-ring (bicyclic) bond motifs is 1. The van der Waals surface area contributed by atoms with Gasteiger partial charge >= 0.3 is 12.1 Å². The average molecular weight is 428 g/mol. The minimum absolute atomic E-state index is 0.129. The fourth-order valence-electron chi connectivity index (χ4n) is 3.30. The van der Waals surface area contributed by atoms with Gasteiger partial charge in [-0.15, -0.1) is 0 Å². The van der Waals surface area contributed by atoms with Crippen LogP contribution >= 0.6 is 0 Å². The lowest BCUT2D eigenvalue weighted by atomic mass is 10.0. The Balaban J connectivity index is 1.90. The molecule has 2 aromatic heterocycles. The van der Waals surface area contributed by atoms with Crippen molar-refractivity contribution < 1.29 is 32.3 Å². The molecule has 0 radical (unpaired) electrons. The number of imidazole rings is 1. The van der Waals surface area contributed by atoms with Crippen molar-refractivity contribution in [2.45, 2.75) is 6.18 Å². The van der Waals surface area contributed by atoms with E-state index in [1.54, 1.807) is 18.2 Å². The van der Waals surface area contributed by atoms with Crippen molar-refractivity contribution in [1.29, 1.82) is 0 Å². The summed E-state index contributed by atoms with van der Waals surface area (Å²) in [7, 11) is 0. The molecule has 0 amide bonds. The quantitative estimate of drug-likeness (QED) is 0.363. The molecule has 5 nitrogen and oxygen atoms in total. The molecule has 0 aliphatic rings. The number of hydrogen-bond donors (Lipinski definition) is 1. The molecule has 9 heteroatoms. The third kappa shape index (κ3) is 3.54. The van der Waals surface area contributed by atoms with E-state index in [4.69, 9.17) is 5.11 Å². The number of aromatic nitrogens is 2. The number of ketones is 1. The molecule has 0 aliphatic carbocycles. The summed E-state index contributed by atoms with van der Waals surface area (Å²) >= 11 is 0. The SMILES string of the molecule is O=C(O)c1ccc(-c2nc(C(=O)c3ccccc3C(F)(F)F)n3ccccc23)cc1F. The lowest BCUT2D eigenvalue weighted by Crippen LogP contribution is -2.15. The van der Waals surface area contributed by atoms with Crippen LogP contribution in [0.2, 0.25) is 0 Å². The third-order valence-corrected chi connectivity index (χ3v) is 4.70. The molecule has 0 atom stereocenters. The van der Waals surface area contributed by atoms with E-state index in [1.165, 1.54) is 28.8 Å². The second kappa shape index (κ2) is 7.35. The number of rotatable bonds is 4. The van der Waals surface area contributed by atoms with Crippen LogP contribution in [0, 0.1) is 5.82 Å². The van der Waals surface area contributed by atoms with Crippen molar-refractivity contribution in [3.05, 3.63) is 95.2 Å². The zero-order valence-electron chi connectivity index (χ0n) is 15.5. The van der Waals surface area contributed by atoms with E-state index in [0.29, 0.717) is 5.52 Å². The number of nitrogens with zero attached hydrogens (tertiary/aromatic N) is 2. The maximum Gasteiger partial charge on any atom is 0.417 e. The van der Waals surface area contributed by atoms with Crippen molar-refractivity contribution in [1.82, 2.24) is 9.38 Å². The monoisotopic (exact) mass is 428 g/mol. The zero-order chi connectivity index (χ0) is 22.3. The molecular weight excluding hydrogens is 416 g/mol. The second-order valence-corrected chi connectivity index (χ2v) is 6.61. The van der Waals surface area contributed by atoms with Gasteiger partial charge in [0.05, 0.1) is 22.3 Å². The van der Waals surface area contributed by atoms with Crippen LogP contribution in [0.3, 0.4) is 0 Å². The molecule has 0 saturated heterocycles. The van der Waals surface area contributed by atoms with E-state index in [1.807, 2.05) is 0 Å². The number of alkyl halides is 3. The normalized spacial score (nSPS) is 11.6. The van der Waals surface area contributed by atoms with E-state index in [-0.39, 0.29) is 17.1 Å². The summed E-state index contributed by atoms with van der Waals surface area (Å²) in [6, 6.07) is 12.5. The molecule has 1 N–H and O–H groups in total. The number of carbonyl (C=O) groups excluding carboxylic acids is 1. The molecule has 156 valence electrons. The molecule has 0 unspecified atom stereocenters. The van der Waals surface area contributed by atoms with Gasteiger partial charge in [-0.2, -0.15) is 13.2 Å². The minimum Gasteiger partial charge on any atom is -0.478 e. The first-order valence-corrected chi connectivity index (χ1v) is 8.89. The van der Waals surface area contributed by atoms with Crippen molar-refractivity contribution in [3.63, 3.8) is 0 Å². The van der Waals surface area contributed by atoms with Gasteiger partial charge in [0.1, 0.15) is 5.82 Å². The summed E-state index contributed by atoms with van der Waals surface area (Å²) in [4.78, 5) is 28.3.